The number of hydrogen-bond donors (Lipinski definition) is 1. The van der Waals surface area contributed by atoms with E-state index in [9.17, 15) is 0 Å². The zero-order valence-corrected chi connectivity index (χ0v) is 11.0. The molecule has 0 atom stereocenters. The van der Waals surface area contributed by atoms with E-state index in [1.165, 1.54) is 0 Å². The Morgan fingerprint density at radius 3 is 1.55 bits per heavy atom. The van der Waals surface area contributed by atoms with Crippen molar-refractivity contribution in [3.8, 4) is 22.5 Å². The van der Waals surface area contributed by atoms with E-state index in [0.29, 0.717) is 12.4 Å². The van der Waals surface area contributed by atoms with Crippen LogP contribution < -0.4 is 5.73 Å². The number of aromatic nitrogens is 2. The molecule has 98 valence electrons. The Balaban J connectivity index is 2.13. The highest BCUT2D eigenvalue weighted by molar-refractivity contribution is 5.67. The monoisotopic (exact) mass is 261 g/mol. The van der Waals surface area contributed by atoms with E-state index < -0.39 is 0 Å². The van der Waals surface area contributed by atoms with Gasteiger partial charge in [-0.15, -0.1) is 0 Å². The van der Waals surface area contributed by atoms with Gasteiger partial charge in [-0.25, -0.2) is 9.97 Å². The lowest BCUT2D eigenvalue weighted by Crippen LogP contribution is -2.05. The van der Waals surface area contributed by atoms with E-state index in [1.54, 1.807) is 0 Å². The third kappa shape index (κ3) is 2.58. The minimum absolute atomic E-state index is 0.334. The fourth-order valence-electron chi connectivity index (χ4n) is 2.10. The molecule has 3 rings (SSSR count). The molecule has 2 N–H and O–H groups in total. The fourth-order valence-corrected chi connectivity index (χ4v) is 2.10. The molecule has 1 aromatic heterocycles. The molecule has 0 amide bonds. The van der Waals surface area contributed by atoms with Gasteiger partial charge in [-0.1, -0.05) is 60.7 Å². The van der Waals surface area contributed by atoms with E-state index in [1.807, 2.05) is 66.7 Å². The van der Waals surface area contributed by atoms with Gasteiger partial charge in [0.25, 0.3) is 0 Å². The van der Waals surface area contributed by atoms with Crippen LogP contribution in [0.4, 0.5) is 0 Å². The summed E-state index contributed by atoms with van der Waals surface area (Å²) in [6.07, 6.45) is 0. The maximum atomic E-state index is 5.72. The zero-order valence-electron chi connectivity index (χ0n) is 11.0. The molecule has 0 aliphatic rings. The van der Waals surface area contributed by atoms with Crippen LogP contribution in [0, 0.1) is 0 Å². The van der Waals surface area contributed by atoms with Crippen molar-refractivity contribution in [3.05, 3.63) is 72.6 Å². The number of nitrogens with two attached hydrogens (primary N) is 1. The molecule has 0 bridgehead atoms. The molecule has 0 saturated carbocycles. The summed E-state index contributed by atoms with van der Waals surface area (Å²) < 4.78 is 0. The fraction of sp³-hybridized carbons (Fsp3) is 0.0588. The van der Waals surface area contributed by atoms with Gasteiger partial charge in [0.2, 0.25) is 0 Å². The summed E-state index contributed by atoms with van der Waals surface area (Å²) in [5.74, 6) is 0.658. The minimum Gasteiger partial charge on any atom is -0.324 e. The summed E-state index contributed by atoms with van der Waals surface area (Å²) in [5.41, 5.74) is 9.67. The van der Waals surface area contributed by atoms with Crippen molar-refractivity contribution in [3.63, 3.8) is 0 Å². The van der Waals surface area contributed by atoms with Crippen LogP contribution in [0.3, 0.4) is 0 Å². The molecule has 0 aliphatic carbocycles. The van der Waals surface area contributed by atoms with Crippen LogP contribution in [0.5, 0.6) is 0 Å². The van der Waals surface area contributed by atoms with Crippen LogP contribution in [-0.4, -0.2) is 9.97 Å². The molecule has 3 aromatic rings. The standard InChI is InChI=1S/C17H15N3/c18-12-17-19-15(13-7-3-1-4-8-13)11-16(20-17)14-9-5-2-6-10-14/h1-11H,12,18H2. The van der Waals surface area contributed by atoms with Gasteiger partial charge < -0.3 is 5.73 Å². The van der Waals surface area contributed by atoms with E-state index in [2.05, 4.69) is 9.97 Å². The first-order valence-corrected chi connectivity index (χ1v) is 6.55. The lowest BCUT2D eigenvalue weighted by Gasteiger charge is -2.07. The highest BCUT2D eigenvalue weighted by atomic mass is 14.9. The Hall–Kier alpha value is -2.52. The molecular formula is C17H15N3. The Morgan fingerprint density at radius 2 is 1.15 bits per heavy atom. The Kier molecular flexibility index (Phi) is 3.52. The van der Waals surface area contributed by atoms with Crippen molar-refractivity contribution in [1.82, 2.24) is 9.97 Å². The third-order valence-electron chi connectivity index (χ3n) is 3.09. The van der Waals surface area contributed by atoms with Crippen LogP contribution in [0.2, 0.25) is 0 Å². The van der Waals surface area contributed by atoms with Gasteiger partial charge >= 0.3 is 0 Å². The van der Waals surface area contributed by atoms with E-state index in [4.69, 9.17) is 5.73 Å². The Morgan fingerprint density at radius 1 is 0.700 bits per heavy atom. The Labute approximate surface area is 118 Å². The normalized spacial score (nSPS) is 10.4. The maximum absolute atomic E-state index is 5.72. The van der Waals surface area contributed by atoms with Crippen LogP contribution in [-0.2, 0) is 6.54 Å². The number of nitrogens with zero attached hydrogens (tertiary/aromatic N) is 2. The van der Waals surface area contributed by atoms with E-state index >= 15 is 0 Å². The second-order valence-corrected chi connectivity index (χ2v) is 4.49. The summed E-state index contributed by atoms with van der Waals surface area (Å²) in [6.45, 7) is 0.334. The van der Waals surface area contributed by atoms with Crippen LogP contribution >= 0.6 is 0 Å². The highest BCUT2D eigenvalue weighted by Crippen LogP contribution is 2.23. The van der Waals surface area contributed by atoms with Crippen molar-refractivity contribution in [2.24, 2.45) is 5.73 Å². The molecule has 0 aliphatic heterocycles. The van der Waals surface area contributed by atoms with Crippen LogP contribution in [0.25, 0.3) is 22.5 Å². The van der Waals surface area contributed by atoms with Gasteiger partial charge in [0.15, 0.2) is 0 Å². The van der Waals surface area contributed by atoms with Crippen molar-refractivity contribution >= 4 is 0 Å². The van der Waals surface area contributed by atoms with Crippen LogP contribution in [0.1, 0.15) is 5.82 Å². The van der Waals surface area contributed by atoms with Gasteiger partial charge in [0, 0.05) is 11.1 Å². The lowest BCUT2D eigenvalue weighted by molar-refractivity contribution is 0.915. The molecule has 20 heavy (non-hydrogen) atoms. The predicted octanol–water partition coefficient (Wildman–Crippen LogP) is 3.27. The summed E-state index contributed by atoms with van der Waals surface area (Å²) in [4.78, 5) is 9.02. The SMILES string of the molecule is NCc1nc(-c2ccccc2)cc(-c2ccccc2)n1. The minimum atomic E-state index is 0.334. The zero-order chi connectivity index (χ0) is 13.8. The molecule has 0 saturated heterocycles. The highest BCUT2D eigenvalue weighted by Gasteiger charge is 2.07. The average molecular weight is 261 g/mol. The number of hydrogen-bond acceptors (Lipinski definition) is 3. The second-order valence-electron chi connectivity index (χ2n) is 4.49. The molecule has 3 heteroatoms. The molecule has 3 nitrogen and oxygen atoms in total. The van der Waals surface area contributed by atoms with Gasteiger partial charge in [-0.2, -0.15) is 0 Å². The lowest BCUT2D eigenvalue weighted by atomic mass is 10.1. The maximum Gasteiger partial charge on any atom is 0.143 e. The van der Waals surface area contributed by atoms with Gasteiger partial charge in [0.05, 0.1) is 17.9 Å². The van der Waals surface area contributed by atoms with E-state index in [-0.39, 0.29) is 0 Å². The first kappa shape index (κ1) is 12.5. The summed E-state index contributed by atoms with van der Waals surface area (Å²) >= 11 is 0. The molecule has 0 unspecified atom stereocenters. The van der Waals surface area contributed by atoms with Crippen LogP contribution in [0.15, 0.2) is 66.7 Å². The average Bonchev–Trinajstić information content (AvgIpc) is 2.56. The molecule has 0 spiro atoms. The molecule has 1 heterocycles. The summed E-state index contributed by atoms with van der Waals surface area (Å²) in [5, 5.41) is 0. The van der Waals surface area contributed by atoms with Crippen molar-refractivity contribution < 1.29 is 0 Å². The summed E-state index contributed by atoms with van der Waals surface area (Å²) in [7, 11) is 0. The Bertz CT molecular complexity index is 636. The van der Waals surface area contributed by atoms with Gasteiger partial charge in [-0.05, 0) is 6.07 Å². The molecule has 2 aromatic carbocycles. The quantitative estimate of drug-likeness (QED) is 0.787. The van der Waals surface area contributed by atoms with Gasteiger partial charge in [0.1, 0.15) is 5.82 Å². The molecule has 0 fully saturated rings. The number of rotatable bonds is 3. The second kappa shape index (κ2) is 5.63. The first-order valence-electron chi connectivity index (χ1n) is 6.55. The summed E-state index contributed by atoms with van der Waals surface area (Å²) in [6, 6.07) is 22.2. The number of benzene rings is 2. The topological polar surface area (TPSA) is 51.8 Å². The third-order valence-corrected chi connectivity index (χ3v) is 3.09. The molecular weight excluding hydrogens is 246 g/mol. The van der Waals surface area contributed by atoms with Crippen molar-refractivity contribution in [1.29, 1.82) is 0 Å². The molecule has 0 radical (unpaired) electrons. The first-order chi connectivity index (χ1) is 9.86. The van der Waals surface area contributed by atoms with Crippen molar-refractivity contribution in [2.45, 2.75) is 6.54 Å². The van der Waals surface area contributed by atoms with Gasteiger partial charge in [-0.3, -0.25) is 0 Å². The smallest absolute Gasteiger partial charge is 0.143 e. The predicted molar refractivity (Wildman–Crippen MR) is 80.8 cm³/mol. The van der Waals surface area contributed by atoms with E-state index in [0.717, 1.165) is 22.5 Å². The van der Waals surface area contributed by atoms with Crippen molar-refractivity contribution in [2.75, 3.05) is 0 Å². The largest absolute Gasteiger partial charge is 0.324 e.